The quantitative estimate of drug-likeness (QED) is 0.340. The second-order valence-electron chi connectivity index (χ2n) is 8.10. The van der Waals surface area contributed by atoms with E-state index in [2.05, 4.69) is 6.07 Å². The normalized spacial score (nSPS) is 13.4. The van der Waals surface area contributed by atoms with Crippen molar-refractivity contribution in [2.75, 3.05) is 0 Å². The first kappa shape index (κ1) is 21.0. The monoisotopic (exact) mass is 466 g/mol. The minimum Gasteiger partial charge on any atom is -0.502 e. The molecule has 4 aromatic rings. The summed E-state index contributed by atoms with van der Waals surface area (Å²) in [6, 6.07) is 7.28. The zero-order valence-electron chi connectivity index (χ0n) is 17.8. The number of nitrogens with zero attached hydrogens (tertiary/aromatic N) is 2. The fourth-order valence-corrected chi connectivity index (χ4v) is 6.41. The van der Waals surface area contributed by atoms with Gasteiger partial charge in [0.25, 0.3) is 5.56 Å². The molecule has 3 aromatic heterocycles. The van der Waals surface area contributed by atoms with Crippen LogP contribution in [0.2, 0.25) is 0 Å². The van der Waals surface area contributed by atoms with E-state index in [1.165, 1.54) is 22.7 Å². The molecule has 0 fully saturated rings. The number of rotatable bonds is 4. The lowest BCUT2D eigenvalue weighted by Crippen LogP contribution is -2.23. The Hall–Kier alpha value is -2.84. The molecule has 0 aliphatic heterocycles. The second-order valence-corrected chi connectivity index (χ2v) is 10.1. The molecule has 5 rings (SSSR count). The molecule has 1 N–H and O–H groups in total. The summed E-state index contributed by atoms with van der Waals surface area (Å²) in [4.78, 5) is 32.6. The van der Waals surface area contributed by atoms with Crippen LogP contribution in [0.5, 0.6) is 5.75 Å². The van der Waals surface area contributed by atoms with Gasteiger partial charge in [-0.05, 0) is 56.7 Å². The summed E-state index contributed by atoms with van der Waals surface area (Å²) in [6.07, 6.45) is 5.20. The molecular formula is C24H22N2O4S2. The van der Waals surface area contributed by atoms with Crippen LogP contribution in [0.15, 0.2) is 49.7 Å². The Bertz CT molecular complexity index is 1470. The molecule has 1 aromatic carbocycles. The van der Waals surface area contributed by atoms with Gasteiger partial charge in [-0.2, -0.15) is 0 Å². The van der Waals surface area contributed by atoms with Gasteiger partial charge in [-0.15, -0.1) is 11.3 Å². The van der Waals surface area contributed by atoms with E-state index < -0.39 is 11.2 Å². The highest BCUT2D eigenvalue weighted by molar-refractivity contribution is 7.98. The molecule has 0 unspecified atom stereocenters. The maximum absolute atomic E-state index is 13.8. The first-order chi connectivity index (χ1) is 15.4. The Labute approximate surface area is 192 Å². The number of aryl methyl sites for hydroxylation is 4. The Morgan fingerprint density at radius 3 is 2.78 bits per heavy atom. The highest BCUT2D eigenvalue weighted by Gasteiger charge is 2.23. The Morgan fingerprint density at radius 2 is 2.00 bits per heavy atom. The van der Waals surface area contributed by atoms with Crippen LogP contribution in [0.1, 0.15) is 40.2 Å². The van der Waals surface area contributed by atoms with Crippen molar-refractivity contribution in [2.45, 2.75) is 50.4 Å². The number of aromatic hydroxyl groups is 1. The zero-order chi connectivity index (χ0) is 22.4. The fraction of sp³-hybridized carbons (Fsp3) is 0.292. The summed E-state index contributed by atoms with van der Waals surface area (Å²) in [5, 5.41) is 10.7. The molecule has 0 saturated heterocycles. The van der Waals surface area contributed by atoms with E-state index in [0.29, 0.717) is 16.7 Å². The number of hydrogen-bond acceptors (Lipinski definition) is 7. The Morgan fingerprint density at radius 1 is 1.19 bits per heavy atom. The van der Waals surface area contributed by atoms with E-state index in [-0.39, 0.29) is 5.56 Å². The third-order valence-electron chi connectivity index (χ3n) is 5.76. The smallest absolute Gasteiger partial charge is 0.267 e. The molecule has 3 heterocycles. The van der Waals surface area contributed by atoms with Crippen LogP contribution in [0, 0.1) is 13.8 Å². The van der Waals surface area contributed by atoms with E-state index in [1.54, 1.807) is 15.9 Å². The van der Waals surface area contributed by atoms with E-state index in [1.807, 2.05) is 26.0 Å². The predicted molar refractivity (Wildman–Crippen MR) is 128 cm³/mol. The molecule has 0 bridgehead atoms. The molecule has 1 aliphatic rings. The molecule has 32 heavy (non-hydrogen) atoms. The summed E-state index contributed by atoms with van der Waals surface area (Å²) in [7, 11) is 0. The molecule has 0 spiro atoms. The van der Waals surface area contributed by atoms with Crippen LogP contribution in [0.3, 0.4) is 0 Å². The van der Waals surface area contributed by atoms with Gasteiger partial charge in [0.2, 0.25) is 5.43 Å². The minimum absolute atomic E-state index is 0.0454. The van der Waals surface area contributed by atoms with Gasteiger partial charge in [0.1, 0.15) is 16.9 Å². The maximum atomic E-state index is 13.8. The number of thioether (sulfide) groups is 1. The fourth-order valence-electron chi connectivity index (χ4n) is 4.21. The first-order valence-corrected chi connectivity index (χ1v) is 12.3. The van der Waals surface area contributed by atoms with E-state index >= 15 is 0 Å². The van der Waals surface area contributed by atoms with Gasteiger partial charge in [-0.1, -0.05) is 29.5 Å². The van der Waals surface area contributed by atoms with Gasteiger partial charge < -0.3 is 9.52 Å². The summed E-state index contributed by atoms with van der Waals surface area (Å²) in [5.41, 5.74) is 3.55. The lowest BCUT2D eigenvalue weighted by atomic mass is 9.97. The average Bonchev–Trinajstić information content (AvgIpc) is 3.14. The lowest BCUT2D eigenvalue weighted by Gasteiger charge is -2.15. The molecule has 0 radical (unpaired) electrons. The molecule has 8 heteroatoms. The molecule has 0 amide bonds. The van der Waals surface area contributed by atoms with E-state index in [4.69, 9.17) is 9.40 Å². The highest BCUT2D eigenvalue weighted by atomic mass is 32.2. The van der Waals surface area contributed by atoms with Crippen molar-refractivity contribution in [1.29, 1.82) is 0 Å². The van der Waals surface area contributed by atoms with Crippen LogP contribution in [0.25, 0.3) is 15.9 Å². The van der Waals surface area contributed by atoms with Gasteiger partial charge in [0.05, 0.1) is 16.8 Å². The number of benzene rings is 1. The molecule has 0 saturated carbocycles. The molecule has 0 atom stereocenters. The van der Waals surface area contributed by atoms with Gasteiger partial charge in [-0.3, -0.25) is 14.2 Å². The molecule has 1 aliphatic carbocycles. The number of fused-ring (bicyclic) bond motifs is 3. The van der Waals surface area contributed by atoms with Crippen molar-refractivity contribution in [3.63, 3.8) is 0 Å². The lowest BCUT2D eigenvalue weighted by molar-refractivity contribution is 0.419. The Kier molecular flexibility index (Phi) is 5.43. The van der Waals surface area contributed by atoms with Crippen molar-refractivity contribution in [2.24, 2.45) is 0 Å². The number of hydrogen-bond donors (Lipinski definition) is 1. The van der Waals surface area contributed by atoms with Crippen LogP contribution in [0.4, 0.5) is 0 Å². The van der Waals surface area contributed by atoms with Crippen molar-refractivity contribution in [3.05, 3.63) is 78.4 Å². The first-order valence-electron chi connectivity index (χ1n) is 10.5. The molecule has 164 valence electrons. The minimum atomic E-state index is -0.493. The van der Waals surface area contributed by atoms with E-state index in [9.17, 15) is 14.7 Å². The van der Waals surface area contributed by atoms with Crippen LogP contribution >= 0.6 is 23.1 Å². The van der Waals surface area contributed by atoms with Gasteiger partial charge in [0.15, 0.2) is 10.9 Å². The highest BCUT2D eigenvalue weighted by Crippen LogP contribution is 2.36. The predicted octanol–water partition coefficient (Wildman–Crippen LogP) is 4.89. The summed E-state index contributed by atoms with van der Waals surface area (Å²) in [5.74, 6) is 0.295. The van der Waals surface area contributed by atoms with Crippen LogP contribution < -0.4 is 11.0 Å². The summed E-state index contributed by atoms with van der Waals surface area (Å²) < 4.78 is 7.04. The topological polar surface area (TPSA) is 85.3 Å². The Balaban J connectivity index is 1.68. The van der Waals surface area contributed by atoms with Crippen molar-refractivity contribution in [1.82, 2.24) is 9.55 Å². The van der Waals surface area contributed by atoms with Crippen LogP contribution in [-0.4, -0.2) is 14.7 Å². The largest absolute Gasteiger partial charge is 0.502 e. The third-order valence-corrected chi connectivity index (χ3v) is 7.91. The second kappa shape index (κ2) is 8.26. The SMILES string of the molecule is Cc1ccc(-n2c(SCc3cc(=O)c(O)co3)nc3sc4c(c3c2=O)CCCC4)c(C)c1. The van der Waals surface area contributed by atoms with Crippen molar-refractivity contribution < 1.29 is 9.52 Å². The average molecular weight is 467 g/mol. The molecule has 6 nitrogen and oxygen atoms in total. The number of aromatic nitrogens is 2. The van der Waals surface area contributed by atoms with E-state index in [0.717, 1.165) is 64.5 Å². The standard InChI is InChI=1S/C24H22N2O4S2/c1-13-7-8-17(14(2)9-13)26-23(29)21-16-5-3-4-6-20(16)32-22(21)25-24(26)31-12-15-10-18(27)19(28)11-30-15/h7-11,28H,3-6,12H2,1-2H3. The van der Waals surface area contributed by atoms with Gasteiger partial charge in [0, 0.05) is 10.9 Å². The third kappa shape index (κ3) is 3.67. The van der Waals surface area contributed by atoms with Crippen LogP contribution in [-0.2, 0) is 18.6 Å². The number of thiophene rings is 1. The van der Waals surface area contributed by atoms with Gasteiger partial charge >= 0.3 is 0 Å². The maximum Gasteiger partial charge on any atom is 0.267 e. The molecular weight excluding hydrogens is 444 g/mol. The van der Waals surface area contributed by atoms with Crippen molar-refractivity contribution in [3.8, 4) is 11.4 Å². The summed E-state index contributed by atoms with van der Waals surface area (Å²) >= 11 is 2.96. The van der Waals surface area contributed by atoms with Crippen molar-refractivity contribution >= 4 is 33.3 Å². The summed E-state index contributed by atoms with van der Waals surface area (Å²) in [6.45, 7) is 4.02. The van der Waals surface area contributed by atoms with Gasteiger partial charge in [-0.25, -0.2) is 4.98 Å². The zero-order valence-corrected chi connectivity index (χ0v) is 19.4.